The molecule has 8 nitrogen and oxygen atoms in total. The second-order valence-electron chi connectivity index (χ2n) is 1.83. The number of nitrogens with zero attached hydrogens (tertiary/aromatic N) is 6. The molecule has 0 bridgehead atoms. The van der Waals surface area contributed by atoms with E-state index in [2.05, 4.69) is 41.1 Å². The van der Waals surface area contributed by atoms with Gasteiger partial charge in [-0.3, -0.25) is 5.32 Å². The highest BCUT2D eigenvalue weighted by Crippen LogP contribution is 1.99. The molecular weight excluding hydrogens is 160 g/mol. The number of tetrazole rings is 1. The molecule has 0 unspecified atom stereocenters. The Bertz CT molecular complexity index is 327. The second-order valence-corrected chi connectivity index (χ2v) is 1.83. The fourth-order valence-electron chi connectivity index (χ4n) is 0.620. The van der Waals surface area contributed by atoms with Crippen molar-refractivity contribution in [3.05, 3.63) is 12.4 Å². The lowest BCUT2D eigenvalue weighted by Crippen LogP contribution is -1.98. The summed E-state index contributed by atoms with van der Waals surface area (Å²) in [5.74, 6) is 0.641. The van der Waals surface area contributed by atoms with Crippen LogP contribution in [0.15, 0.2) is 12.4 Å². The molecule has 0 aliphatic rings. The summed E-state index contributed by atoms with van der Waals surface area (Å²) in [5, 5.41) is 22.9. The minimum atomic E-state index is 0.308. The van der Waals surface area contributed by atoms with Crippen LogP contribution in [-0.4, -0.2) is 35.8 Å². The van der Waals surface area contributed by atoms with E-state index in [0.717, 1.165) is 0 Å². The first kappa shape index (κ1) is 6.58. The van der Waals surface area contributed by atoms with Gasteiger partial charge in [-0.2, -0.15) is 10.3 Å². The van der Waals surface area contributed by atoms with Crippen molar-refractivity contribution in [3.8, 4) is 0 Å². The van der Waals surface area contributed by atoms with Gasteiger partial charge in [0.05, 0.1) is 12.4 Å². The lowest BCUT2D eigenvalue weighted by atomic mass is 10.8. The lowest BCUT2D eigenvalue weighted by Gasteiger charge is -1.94. The predicted molar refractivity (Wildman–Crippen MR) is 37.3 cm³/mol. The Hall–Kier alpha value is -2.12. The number of H-pyrrole nitrogens is 1. The van der Waals surface area contributed by atoms with E-state index in [1.54, 1.807) is 0 Å². The van der Waals surface area contributed by atoms with Gasteiger partial charge in [0.15, 0.2) is 0 Å². The van der Waals surface area contributed by atoms with Crippen LogP contribution in [-0.2, 0) is 0 Å². The summed E-state index contributed by atoms with van der Waals surface area (Å²) in [7, 11) is 0. The van der Waals surface area contributed by atoms with Gasteiger partial charge >= 0.3 is 0 Å². The molecule has 0 fully saturated rings. The van der Waals surface area contributed by atoms with E-state index in [1.165, 1.54) is 12.4 Å². The fraction of sp³-hybridized carbons (Fsp3) is 0. The normalized spacial score (nSPS) is 9.67. The van der Waals surface area contributed by atoms with Gasteiger partial charge in [0, 0.05) is 0 Å². The average molecular weight is 164 g/mol. The Morgan fingerprint density at radius 3 is 2.83 bits per heavy atom. The molecule has 0 aromatic carbocycles. The zero-order valence-corrected chi connectivity index (χ0v) is 5.84. The average Bonchev–Trinajstić information content (AvgIpc) is 2.59. The van der Waals surface area contributed by atoms with Gasteiger partial charge in [0.2, 0.25) is 5.95 Å². The zero-order chi connectivity index (χ0) is 8.23. The summed E-state index contributed by atoms with van der Waals surface area (Å²) in [6.45, 7) is 0. The molecule has 2 N–H and O–H groups in total. The van der Waals surface area contributed by atoms with E-state index < -0.39 is 0 Å². The number of anilines is 2. The summed E-state index contributed by atoms with van der Waals surface area (Å²) in [6.07, 6.45) is 2.98. The largest absolute Gasteiger partial charge is 0.289 e. The first-order valence-electron chi connectivity index (χ1n) is 3.09. The van der Waals surface area contributed by atoms with Gasteiger partial charge in [0.25, 0.3) is 5.95 Å². The molecule has 2 aromatic heterocycles. The summed E-state index contributed by atoms with van der Waals surface area (Å²) >= 11 is 0. The molecule has 2 aromatic rings. The standard InChI is InChI=1S/C4H4N8/c1-2-6-8-3(5-1)7-4-9-11-12-10-4/h1-2H,(H2,5,7,8,9,10,11,12). The van der Waals surface area contributed by atoms with Crippen LogP contribution in [0.3, 0.4) is 0 Å². The maximum absolute atomic E-state index is 3.85. The highest BCUT2D eigenvalue weighted by molar-refractivity contribution is 5.38. The van der Waals surface area contributed by atoms with Crippen LogP contribution in [0.25, 0.3) is 0 Å². The van der Waals surface area contributed by atoms with Crippen LogP contribution in [0.2, 0.25) is 0 Å². The monoisotopic (exact) mass is 164 g/mol. The van der Waals surface area contributed by atoms with Crippen LogP contribution in [0.4, 0.5) is 11.9 Å². The maximum atomic E-state index is 3.85. The lowest BCUT2D eigenvalue weighted by molar-refractivity contribution is 0.881. The topological polar surface area (TPSA) is 105 Å². The van der Waals surface area contributed by atoms with E-state index in [1.807, 2.05) is 0 Å². The fourth-order valence-corrected chi connectivity index (χ4v) is 0.620. The van der Waals surface area contributed by atoms with E-state index in [0.29, 0.717) is 11.9 Å². The van der Waals surface area contributed by atoms with Gasteiger partial charge in [0.1, 0.15) is 0 Å². The van der Waals surface area contributed by atoms with Crippen molar-refractivity contribution in [3.63, 3.8) is 0 Å². The molecule has 0 spiro atoms. The van der Waals surface area contributed by atoms with Crippen molar-refractivity contribution < 1.29 is 0 Å². The zero-order valence-electron chi connectivity index (χ0n) is 5.84. The third kappa shape index (κ3) is 1.31. The summed E-state index contributed by atoms with van der Waals surface area (Å²) in [6, 6.07) is 0. The molecule has 0 saturated heterocycles. The van der Waals surface area contributed by atoms with E-state index in [4.69, 9.17) is 0 Å². The van der Waals surface area contributed by atoms with Gasteiger partial charge in [-0.05, 0) is 5.21 Å². The van der Waals surface area contributed by atoms with Crippen molar-refractivity contribution in [2.24, 2.45) is 0 Å². The molecule has 2 rings (SSSR count). The molecule has 8 heteroatoms. The summed E-state index contributed by atoms with van der Waals surface area (Å²) < 4.78 is 0. The molecule has 0 aliphatic heterocycles. The van der Waals surface area contributed by atoms with E-state index in [9.17, 15) is 0 Å². The van der Waals surface area contributed by atoms with Crippen molar-refractivity contribution in [1.82, 2.24) is 35.8 Å². The highest BCUT2D eigenvalue weighted by atomic mass is 15.5. The summed E-state index contributed by atoms with van der Waals surface area (Å²) in [5.41, 5.74) is 0. The molecule has 0 radical (unpaired) electrons. The van der Waals surface area contributed by atoms with Gasteiger partial charge < -0.3 is 0 Å². The third-order valence-corrected chi connectivity index (χ3v) is 1.05. The van der Waals surface area contributed by atoms with Crippen molar-refractivity contribution in [2.45, 2.75) is 0 Å². The number of rotatable bonds is 2. The smallest absolute Gasteiger partial charge is 0.269 e. The molecule has 60 valence electrons. The SMILES string of the molecule is c1cnc(Nc2nn[nH]n2)nn1. The number of hydrogen-bond acceptors (Lipinski definition) is 7. The van der Waals surface area contributed by atoms with Crippen molar-refractivity contribution in [2.75, 3.05) is 5.32 Å². The molecule has 0 saturated carbocycles. The second kappa shape index (κ2) is 2.86. The van der Waals surface area contributed by atoms with Crippen LogP contribution >= 0.6 is 0 Å². The van der Waals surface area contributed by atoms with E-state index >= 15 is 0 Å². The Labute approximate surface area is 66.4 Å². The maximum Gasteiger partial charge on any atom is 0.269 e. The molecule has 12 heavy (non-hydrogen) atoms. The summed E-state index contributed by atoms with van der Waals surface area (Å²) in [4.78, 5) is 3.85. The van der Waals surface area contributed by atoms with Crippen LogP contribution in [0.1, 0.15) is 0 Å². The first-order valence-corrected chi connectivity index (χ1v) is 3.09. The van der Waals surface area contributed by atoms with Gasteiger partial charge in [-0.1, -0.05) is 5.10 Å². The van der Waals surface area contributed by atoms with Crippen molar-refractivity contribution in [1.29, 1.82) is 0 Å². The Morgan fingerprint density at radius 2 is 2.17 bits per heavy atom. The van der Waals surface area contributed by atoms with Crippen molar-refractivity contribution >= 4 is 11.9 Å². The number of aromatic amines is 1. The number of aromatic nitrogens is 7. The van der Waals surface area contributed by atoms with Gasteiger partial charge in [-0.15, -0.1) is 10.2 Å². The molecule has 0 amide bonds. The van der Waals surface area contributed by atoms with E-state index in [-0.39, 0.29) is 0 Å². The quantitative estimate of drug-likeness (QED) is 0.594. The molecule has 0 atom stereocenters. The van der Waals surface area contributed by atoms with Crippen LogP contribution in [0, 0.1) is 0 Å². The van der Waals surface area contributed by atoms with Crippen LogP contribution < -0.4 is 5.32 Å². The third-order valence-electron chi connectivity index (χ3n) is 1.05. The molecule has 0 aliphatic carbocycles. The predicted octanol–water partition coefficient (Wildman–Crippen LogP) is -0.872. The number of nitrogens with one attached hydrogen (secondary N) is 2. The number of hydrogen-bond donors (Lipinski definition) is 2. The Morgan fingerprint density at radius 1 is 1.17 bits per heavy atom. The van der Waals surface area contributed by atoms with Crippen LogP contribution in [0.5, 0.6) is 0 Å². The Kier molecular flexibility index (Phi) is 1.57. The Balaban J connectivity index is 2.15. The molecule has 2 heterocycles. The molecular formula is C4H4N8. The minimum Gasteiger partial charge on any atom is -0.289 e. The first-order chi connectivity index (χ1) is 5.95. The van der Waals surface area contributed by atoms with Gasteiger partial charge in [-0.25, -0.2) is 4.98 Å². The minimum absolute atomic E-state index is 0.308. The highest BCUT2D eigenvalue weighted by Gasteiger charge is 1.98.